The minimum atomic E-state index is 0.389. The molecule has 26 heavy (non-hydrogen) atoms. The molecule has 0 saturated carbocycles. The number of nitrogens with two attached hydrogens (primary N) is 1. The van der Waals surface area contributed by atoms with Gasteiger partial charge in [0, 0.05) is 24.2 Å². The summed E-state index contributed by atoms with van der Waals surface area (Å²) in [5, 5.41) is 15.6. The Balaban J connectivity index is 2.26. The van der Waals surface area contributed by atoms with Crippen molar-refractivity contribution in [3.63, 3.8) is 0 Å². The molecule has 0 saturated heterocycles. The van der Waals surface area contributed by atoms with Gasteiger partial charge in [-0.2, -0.15) is 10.4 Å². The lowest BCUT2D eigenvalue weighted by atomic mass is 10.1. The first-order valence-corrected chi connectivity index (χ1v) is 8.14. The second-order valence-electron chi connectivity index (χ2n) is 6.29. The van der Waals surface area contributed by atoms with Gasteiger partial charge in [0.2, 0.25) is 0 Å². The molecule has 0 spiro atoms. The number of ether oxygens (including phenoxy) is 1. The maximum atomic E-state index is 9.68. The highest BCUT2D eigenvalue weighted by Crippen LogP contribution is 2.38. The number of pyridine rings is 1. The maximum absolute atomic E-state index is 9.68. The van der Waals surface area contributed by atoms with Crippen molar-refractivity contribution in [2.75, 3.05) is 12.8 Å². The van der Waals surface area contributed by atoms with Gasteiger partial charge < -0.3 is 10.5 Å². The van der Waals surface area contributed by atoms with Crippen LogP contribution in [0.5, 0.6) is 5.75 Å². The molecule has 7 nitrogen and oxygen atoms in total. The number of methoxy groups -OCH3 is 1. The summed E-state index contributed by atoms with van der Waals surface area (Å²) in [5.41, 5.74) is 11.3. The fraction of sp³-hybridized carbons (Fsp3) is 0.211. The zero-order valence-corrected chi connectivity index (χ0v) is 15.0. The van der Waals surface area contributed by atoms with E-state index < -0.39 is 0 Å². The minimum absolute atomic E-state index is 0.389. The summed E-state index contributed by atoms with van der Waals surface area (Å²) in [4.78, 5) is 4.46. The highest BCUT2D eigenvalue weighted by Gasteiger charge is 2.23. The normalized spacial score (nSPS) is 11.2. The molecule has 0 unspecified atom stereocenters. The molecule has 0 amide bonds. The monoisotopic (exact) mass is 346 g/mol. The van der Waals surface area contributed by atoms with Crippen LogP contribution in [-0.2, 0) is 7.05 Å². The summed E-state index contributed by atoms with van der Waals surface area (Å²) < 4.78 is 9.12. The molecule has 2 N–H and O–H groups in total. The summed E-state index contributed by atoms with van der Waals surface area (Å²) in [7, 11) is 3.48. The maximum Gasteiger partial charge on any atom is 0.159 e. The molecule has 4 rings (SSSR count). The van der Waals surface area contributed by atoms with Crippen molar-refractivity contribution < 1.29 is 4.74 Å². The molecular weight excluding hydrogens is 328 g/mol. The number of fused-ring (bicyclic) bond motifs is 3. The Kier molecular flexibility index (Phi) is 3.37. The molecule has 0 aliphatic rings. The second-order valence-corrected chi connectivity index (χ2v) is 6.29. The number of hydrogen-bond donors (Lipinski definition) is 1. The smallest absolute Gasteiger partial charge is 0.159 e. The third kappa shape index (κ3) is 1.93. The van der Waals surface area contributed by atoms with Crippen LogP contribution in [0.3, 0.4) is 0 Å². The molecule has 3 heterocycles. The van der Waals surface area contributed by atoms with Crippen LogP contribution in [0.1, 0.15) is 16.7 Å². The molecule has 0 aliphatic carbocycles. The minimum Gasteiger partial charge on any atom is -0.496 e. The van der Waals surface area contributed by atoms with E-state index in [1.165, 1.54) is 0 Å². The molecule has 0 aliphatic heterocycles. The van der Waals surface area contributed by atoms with E-state index in [2.05, 4.69) is 16.2 Å². The Morgan fingerprint density at radius 2 is 1.96 bits per heavy atom. The Labute approximate surface area is 150 Å². The molecule has 130 valence electrons. The van der Waals surface area contributed by atoms with Crippen LogP contribution in [0.25, 0.3) is 27.6 Å². The van der Waals surface area contributed by atoms with E-state index >= 15 is 0 Å². The van der Waals surface area contributed by atoms with Crippen LogP contribution in [0.15, 0.2) is 24.5 Å². The third-order valence-corrected chi connectivity index (χ3v) is 4.86. The lowest BCUT2D eigenvalue weighted by molar-refractivity contribution is 0.411. The molecular formula is C19H18N6O. The molecule has 7 heteroatoms. The van der Waals surface area contributed by atoms with Crippen molar-refractivity contribution in [3.8, 4) is 17.5 Å². The predicted molar refractivity (Wildman–Crippen MR) is 100 cm³/mol. The van der Waals surface area contributed by atoms with Gasteiger partial charge in [-0.25, -0.2) is 4.98 Å². The molecule has 4 aromatic rings. The SMILES string of the molecule is COc1ccc(C)c(-n2c(N)c(C#N)c3cnc4c(cnn4C)c32)c1C. The summed E-state index contributed by atoms with van der Waals surface area (Å²) in [6.45, 7) is 4.00. The molecule has 0 bridgehead atoms. The summed E-state index contributed by atoms with van der Waals surface area (Å²) in [6.07, 6.45) is 3.45. The largest absolute Gasteiger partial charge is 0.496 e. The number of benzene rings is 1. The van der Waals surface area contributed by atoms with Crippen molar-refractivity contribution in [3.05, 3.63) is 41.2 Å². The van der Waals surface area contributed by atoms with Gasteiger partial charge in [-0.15, -0.1) is 0 Å². The van der Waals surface area contributed by atoms with E-state index in [1.807, 2.05) is 37.6 Å². The quantitative estimate of drug-likeness (QED) is 0.602. The summed E-state index contributed by atoms with van der Waals surface area (Å²) in [6, 6.07) is 6.14. The average Bonchev–Trinajstić information content (AvgIpc) is 3.13. The molecule has 0 atom stereocenters. The number of nitrogens with zero attached hydrogens (tertiary/aromatic N) is 5. The number of anilines is 1. The van der Waals surface area contributed by atoms with Gasteiger partial charge in [0.05, 0.1) is 29.9 Å². The van der Waals surface area contributed by atoms with Crippen LogP contribution in [-0.4, -0.2) is 26.4 Å². The fourth-order valence-corrected chi connectivity index (χ4v) is 3.61. The zero-order chi connectivity index (χ0) is 18.6. The van der Waals surface area contributed by atoms with Gasteiger partial charge in [-0.05, 0) is 25.5 Å². The van der Waals surface area contributed by atoms with E-state index in [-0.39, 0.29) is 0 Å². The van der Waals surface area contributed by atoms with Crippen LogP contribution < -0.4 is 10.5 Å². The van der Waals surface area contributed by atoms with Crippen molar-refractivity contribution in [1.29, 1.82) is 5.26 Å². The lowest BCUT2D eigenvalue weighted by Gasteiger charge is -2.17. The second kappa shape index (κ2) is 5.49. The highest BCUT2D eigenvalue weighted by atomic mass is 16.5. The first kappa shape index (κ1) is 16.0. The van der Waals surface area contributed by atoms with Gasteiger partial charge in [-0.1, -0.05) is 6.07 Å². The molecule has 1 aromatic carbocycles. The van der Waals surface area contributed by atoms with Crippen LogP contribution in [0.4, 0.5) is 5.82 Å². The standard InChI is InChI=1S/C19H18N6O/c1-10-5-6-15(26-4)11(2)16(10)25-17-13(12(7-20)18(25)21)8-22-19-14(17)9-23-24(19)3/h5-6,8-9H,21H2,1-4H3. The van der Waals surface area contributed by atoms with Gasteiger partial charge in [0.15, 0.2) is 5.65 Å². The van der Waals surface area contributed by atoms with E-state index in [0.717, 1.165) is 39.1 Å². The number of nitriles is 1. The van der Waals surface area contributed by atoms with E-state index in [1.54, 1.807) is 24.2 Å². The van der Waals surface area contributed by atoms with Crippen molar-refractivity contribution in [2.45, 2.75) is 13.8 Å². The molecule has 0 fully saturated rings. The van der Waals surface area contributed by atoms with Gasteiger partial charge in [0.1, 0.15) is 23.2 Å². The Bertz CT molecular complexity index is 1220. The Morgan fingerprint density at radius 1 is 1.19 bits per heavy atom. The number of nitrogen functional groups attached to an aromatic ring is 1. The van der Waals surface area contributed by atoms with Gasteiger partial charge in [-0.3, -0.25) is 9.25 Å². The average molecular weight is 346 g/mol. The van der Waals surface area contributed by atoms with E-state index in [9.17, 15) is 5.26 Å². The highest BCUT2D eigenvalue weighted by molar-refractivity contribution is 6.08. The van der Waals surface area contributed by atoms with Crippen molar-refractivity contribution in [1.82, 2.24) is 19.3 Å². The molecule has 0 radical (unpaired) electrons. The van der Waals surface area contributed by atoms with Crippen LogP contribution in [0, 0.1) is 25.2 Å². The van der Waals surface area contributed by atoms with Crippen LogP contribution in [0.2, 0.25) is 0 Å². The number of aryl methyl sites for hydroxylation is 2. The Morgan fingerprint density at radius 3 is 2.65 bits per heavy atom. The van der Waals surface area contributed by atoms with E-state index in [0.29, 0.717) is 16.8 Å². The molecule has 3 aromatic heterocycles. The van der Waals surface area contributed by atoms with Crippen molar-refractivity contribution in [2.24, 2.45) is 7.05 Å². The Hall–Kier alpha value is -3.53. The first-order chi connectivity index (χ1) is 12.5. The van der Waals surface area contributed by atoms with Crippen molar-refractivity contribution >= 4 is 27.8 Å². The van der Waals surface area contributed by atoms with E-state index in [4.69, 9.17) is 10.5 Å². The lowest BCUT2D eigenvalue weighted by Crippen LogP contribution is -2.06. The number of hydrogen-bond acceptors (Lipinski definition) is 5. The first-order valence-electron chi connectivity index (χ1n) is 8.14. The topological polar surface area (TPSA) is 94.7 Å². The zero-order valence-electron chi connectivity index (χ0n) is 15.0. The third-order valence-electron chi connectivity index (χ3n) is 4.86. The summed E-state index contributed by atoms with van der Waals surface area (Å²) >= 11 is 0. The predicted octanol–water partition coefficient (Wildman–Crippen LogP) is 2.99. The number of rotatable bonds is 2. The number of aromatic nitrogens is 4. The summed E-state index contributed by atoms with van der Waals surface area (Å²) in [5.74, 6) is 1.15. The van der Waals surface area contributed by atoms with Crippen LogP contribution >= 0.6 is 0 Å². The van der Waals surface area contributed by atoms with Gasteiger partial charge >= 0.3 is 0 Å². The van der Waals surface area contributed by atoms with Gasteiger partial charge in [0.25, 0.3) is 0 Å². The fourth-order valence-electron chi connectivity index (χ4n) is 3.61.